The molecule has 0 bridgehead atoms. The maximum absolute atomic E-state index is 12.4. The minimum atomic E-state index is -0.143. The molecule has 1 fully saturated rings. The standard InChI is InChI=1S/C21H29N3O2/c1-16(14-17-6-8-18(9-7-17)23(2)3)22-21(25)20-11-10-19(26-20)15-24-12-4-5-13-24/h6-11,16H,4-5,12-15H2,1-3H3,(H,22,25). The third-order valence-electron chi connectivity index (χ3n) is 4.84. The Balaban J connectivity index is 1.51. The van der Waals surface area contributed by atoms with E-state index in [0.717, 1.165) is 31.8 Å². The van der Waals surface area contributed by atoms with Crippen LogP contribution in [0, 0.1) is 0 Å². The molecule has 140 valence electrons. The molecule has 0 saturated carbocycles. The van der Waals surface area contributed by atoms with Crippen LogP contribution in [0.25, 0.3) is 0 Å². The molecule has 1 aliphatic rings. The Hall–Kier alpha value is -2.27. The molecular formula is C21H29N3O2. The highest BCUT2D eigenvalue weighted by molar-refractivity contribution is 5.91. The molecule has 26 heavy (non-hydrogen) atoms. The summed E-state index contributed by atoms with van der Waals surface area (Å²) < 4.78 is 5.74. The normalized spacial score (nSPS) is 15.8. The van der Waals surface area contributed by atoms with Crippen LogP contribution in [0.2, 0.25) is 0 Å². The number of rotatable bonds is 7. The van der Waals surface area contributed by atoms with Crippen molar-refractivity contribution in [1.29, 1.82) is 0 Å². The van der Waals surface area contributed by atoms with Gasteiger partial charge < -0.3 is 14.6 Å². The average Bonchev–Trinajstić information content (AvgIpc) is 3.27. The number of anilines is 1. The van der Waals surface area contributed by atoms with Gasteiger partial charge in [-0.1, -0.05) is 12.1 Å². The SMILES string of the molecule is CC(Cc1ccc(N(C)C)cc1)NC(=O)c1ccc(CN2CCCC2)o1. The quantitative estimate of drug-likeness (QED) is 0.828. The Morgan fingerprint density at radius 1 is 1.15 bits per heavy atom. The van der Waals surface area contributed by atoms with Crippen LogP contribution in [-0.2, 0) is 13.0 Å². The lowest BCUT2D eigenvalue weighted by atomic mass is 10.1. The molecule has 0 spiro atoms. The molecule has 2 heterocycles. The molecule has 1 N–H and O–H groups in total. The summed E-state index contributed by atoms with van der Waals surface area (Å²) in [5, 5.41) is 3.03. The minimum absolute atomic E-state index is 0.0415. The summed E-state index contributed by atoms with van der Waals surface area (Å²) in [6, 6.07) is 12.1. The van der Waals surface area contributed by atoms with E-state index in [-0.39, 0.29) is 11.9 Å². The highest BCUT2D eigenvalue weighted by Gasteiger charge is 2.17. The number of amides is 1. The van der Waals surface area contributed by atoms with Crippen molar-refractivity contribution in [3.8, 4) is 0 Å². The Morgan fingerprint density at radius 3 is 2.50 bits per heavy atom. The van der Waals surface area contributed by atoms with E-state index in [0.29, 0.717) is 5.76 Å². The van der Waals surface area contributed by atoms with E-state index in [1.165, 1.54) is 24.1 Å². The first-order chi connectivity index (χ1) is 12.5. The zero-order chi connectivity index (χ0) is 18.5. The summed E-state index contributed by atoms with van der Waals surface area (Å²) in [7, 11) is 4.05. The molecule has 0 aliphatic carbocycles. The topological polar surface area (TPSA) is 48.7 Å². The van der Waals surface area contributed by atoms with E-state index < -0.39 is 0 Å². The summed E-state index contributed by atoms with van der Waals surface area (Å²) in [5.74, 6) is 1.12. The van der Waals surface area contributed by atoms with E-state index in [1.807, 2.05) is 27.1 Å². The van der Waals surface area contributed by atoms with Gasteiger partial charge in [0.1, 0.15) is 5.76 Å². The highest BCUT2D eigenvalue weighted by Crippen LogP contribution is 2.16. The van der Waals surface area contributed by atoms with Crippen LogP contribution in [-0.4, -0.2) is 44.0 Å². The number of nitrogens with one attached hydrogen (secondary N) is 1. The lowest BCUT2D eigenvalue weighted by Gasteiger charge is -2.15. The van der Waals surface area contributed by atoms with Crippen LogP contribution >= 0.6 is 0 Å². The van der Waals surface area contributed by atoms with E-state index in [4.69, 9.17) is 4.42 Å². The maximum atomic E-state index is 12.4. The Bertz CT molecular complexity index is 715. The van der Waals surface area contributed by atoms with Gasteiger partial charge in [-0.05, 0) is 69.1 Å². The number of nitrogens with zero attached hydrogens (tertiary/aromatic N) is 2. The monoisotopic (exact) mass is 355 g/mol. The Morgan fingerprint density at radius 2 is 1.85 bits per heavy atom. The van der Waals surface area contributed by atoms with Crippen LogP contribution in [0.15, 0.2) is 40.8 Å². The van der Waals surface area contributed by atoms with Gasteiger partial charge in [0.25, 0.3) is 5.91 Å². The first-order valence-corrected chi connectivity index (χ1v) is 9.39. The molecule has 0 radical (unpaired) electrons. The maximum Gasteiger partial charge on any atom is 0.287 e. The summed E-state index contributed by atoms with van der Waals surface area (Å²) in [5.41, 5.74) is 2.38. The van der Waals surface area contributed by atoms with Crippen molar-refractivity contribution in [3.63, 3.8) is 0 Å². The smallest absolute Gasteiger partial charge is 0.287 e. The zero-order valence-electron chi connectivity index (χ0n) is 16.0. The van der Waals surface area contributed by atoms with Crippen LogP contribution in [0.3, 0.4) is 0 Å². The second-order valence-electron chi connectivity index (χ2n) is 7.39. The summed E-state index contributed by atoms with van der Waals surface area (Å²) in [6.07, 6.45) is 3.29. The summed E-state index contributed by atoms with van der Waals surface area (Å²) in [4.78, 5) is 16.9. The number of carbonyl (C=O) groups is 1. The molecule has 5 nitrogen and oxygen atoms in total. The number of benzene rings is 1. The van der Waals surface area contributed by atoms with E-state index in [9.17, 15) is 4.79 Å². The van der Waals surface area contributed by atoms with Crippen LogP contribution < -0.4 is 10.2 Å². The third kappa shape index (κ3) is 4.88. The largest absolute Gasteiger partial charge is 0.455 e. The molecule has 3 rings (SSSR count). The molecular weight excluding hydrogens is 326 g/mol. The van der Waals surface area contributed by atoms with Gasteiger partial charge in [0, 0.05) is 25.8 Å². The fourth-order valence-corrected chi connectivity index (χ4v) is 3.38. The number of hydrogen-bond donors (Lipinski definition) is 1. The van der Waals surface area contributed by atoms with Gasteiger partial charge in [0.05, 0.1) is 6.54 Å². The summed E-state index contributed by atoms with van der Waals surface area (Å²) >= 11 is 0. The molecule has 5 heteroatoms. The Labute approximate surface area is 156 Å². The molecule has 1 amide bonds. The average molecular weight is 355 g/mol. The first-order valence-electron chi connectivity index (χ1n) is 9.39. The summed E-state index contributed by atoms with van der Waals surface area (Å²) in [6.45, 7) is 5.05. The van der Waals surface area contributed by atoms with Crippen molar-refractivity contribution in [2.24, 2.45) is 0 Å². The predicted molar refractivity (Wildman–Crippen MR) is 105 cm³/mol. The van der Waals surface area contributed by atoms with Crippen molar-refractivity contribution >= 4 is 11.6 Å². The second-order valence-corrected chi connectivity index (χ2v) is 7.39. The van der Waals surface area contributed by atoms with Crippen molar-refractivity contribution in [3.05, 3.63) is 53.5 Å². The fraction of sp³-hybridized carbons (Fsp3) is 0.476. The van der Waals surface area contributed by atoms with Crippen LogP contribution in [0.4, 0.5) is 5.69 Å². The van der Waals surface area contributed by atoms with Gasteiger partial charge in [0.2, 0.25) is 0 Å². The minimum Gasteiger partial charge on any atom is -0.455 e. The number of likely N-dealkylation sites (tertiary alicyclic amines) is 1. The number of carbonyl (C=O) groups excluding carboxylic acids is 1. The second kappa shape index (κ2) is 8.41. The van der Waals surface area contributed by atoms with Crippen molar-refractivity contribution in [2.75, 3.05) is 32.1 Å². The predicted octanol–water partition coefficient (Wildman–Crippen LogP) is 3.30. The van der Waals surface area contributed by atoms with Gasteiger partial charge in [-0.15, -0.1) is 0 Å². The zero-order valence-corrected chi connectivity index (χ0v) is 16.0. The van der Waals surface area contributed by atoms with Crippen LogP contribution in [0.1, 0.15) is 41.6 Å². The highest BCUT2D eigenvalue weighted by atomic mass is 16.4. The van der Waals surface area contributed by atoms with Gasteiger partial charge >= 0.3 is 0 Å². The number of furan rings is 1. The number of hydrogen-bond acceptors (Lipinski definition) is 4. The Kier molecular flexibility index (Phi) is 5.99. The molecule has 1 aromatic carbocycles. The van der Waals surface area contributed by atoms with Gasteiger partial charge in [-0.2, -0.15) is 0 Å². The van der Waals surface area contributed by atoms with Gasteiger partial charge in [-0.3, -0.25) is 9.69 Å². The molecule has 1 saturated heterocycles. The van der Waals surface area contributed by atoms with Gasteiger partial charge in [-0.25, -0.2) is 0 Å². The van der Waals surface area contributed by atoms with Crippen molar-refractivity contribution in [2.45, 2.75) is 38.8 Å². The molecule has 2 aromatic rings. The molecule has 1 atom stereocenters. The lowest BCUT2D eigenvalue weighted by Crippen LogP contribution is -2.33. The van der Waals surface area contributed by atoms with Gasteiger partial charge in [0.15, 0.2) is 5.76 Å². The molecule has 1 aromatic heterocycles. The lowest BCUT2D eigenvalue weighted by molar-refractivity contribution is 0.0908. The first kappa shape index (κ1) is 18.5. The van der Waals surface area contributed by atoms with Crippen molar-refractivity contribution in [1.82, 2.24) is 10.2 Å². The molecule has 1 unspecified atom stereocenters. The third-order valence-corrected chi connectivity index (χ3v) is 4.84. The van der Waals surface area contributed by atoms with E-state index in [2.05, 4.69) is 39.4 Å². The molecule has 1 aliphatic heterocycles. The van der Waals surface area contributed by atoms with Crippen molar-refractivity contribution < 1.29 is 9.21 Å². The van der Waals surface area contributed by atoms with E-state index >= 15 is 0 Å². The van der Waals surface area contributed by atoms with Crippen LogP contribution in [0.5, 0.6) is 0 Å². The fourth-order valence-electron chi connectivity index (χ4n) is 3.38. The van der Waals surface area contributed by atoms with E-state index in [1.54, 1.807) is 6.07 Å².